The van der Waals surface area contributed by atoms with Gasteiger partial charge in [0.2, 0.25) is 0 Å². The fourth-order valence-corrected chi connectivity index (χ4v) is 13.6. The SMILES string of the molecule is Cc1cc2c3c(c1)N1c4ccccc4S(c4ccccc4)(c4ccccc4)c4cccc(c41)B3n1c3c-2cccc3c2oc3ccccc3c21. The third kappa shape index (κ3) is 3.07. The first-order chi connectivity index (χ1) is 24.7. The van der Waals surface area contributed by atoms with E-state index >= 15 is 0 Å². The van der Waals surface area contributed by atoms with Gasteiger partial charge in [0.1, 0.15) is 5.58 Å². The predicted molar refractivity (Wildman–Crippen MR) is 208 cm³/mol. The van der Waals surface area contributed by atoms with E-state index in [1.807, 2.05) is 0 Å². The number of furan rings is 1. The molecule has 0 saturated carbocycles. The summed E-state index contributed by atoms with van der Waals surface area (Å²) in [6.07, 6.45) is 0. The molecule has 2 aromatic heterocycles. The van der Waals surface area contributed by atoms with Gasteiger partial charge in [-0.2, -0.15) is 0 Å². The average Bonchev–Trinajstić information content (AvgIpc) is 3.71. The van der Waals surface area contributed by atoms with Gasteiger partial charge in [0.25, 0.3) is 0 Å². The molecule has 0 amide bonds. The standard InChI is InChI=1S/C45H29BN2OS/c1-28-26-34-31-19-12-20-33-42(31)48(43-32-18-8-10-23-38(32)49-45(33)43)46-35-21-13-25-40-44(35)47(37(27-28)41(34)46)36-22-9-11-24-39(36)50(40,29-14-4-2-5-15-29)30-16-6-3-7-17-30/h2-27H,1H3. The third-order valence-corrected chi connectivity index (χ3v) is 15.2. The summed E-state index contributed by atoms with van der Waals surface area (Å²) in [4.78, 5) is 8.07. The molecule has 0 saturated heterocycles. The molecule has 12 rings (SSSR count). The number of anilines is 3. The summed E-state index contributed by atoms with van der Waals surface area (Å²) in [5.74, 6) is 0. The maximum absolute atomic E-state index is 6.73. The Labute approximate surface area is 291 Å². The molecular formula is C45H29BN2OS. The summed E-state index contributed by atoms with van der Waals surface area (Å²) >= 11 is 0. The molecule has 234 valence electrons. The summed E-state index contributed by atoms with van der Waals surface area (Å²) in [7, 11) is -1.88. The molecule has 0 N–H and O–H groups in total. The second-order valence-electron chi connectivity index (χ2n) is 13.7. The van der Waals surface area contributed by atoms with Gasteiger partial charge in [0, 0.05) is 47.1 Å². The normalized spacial score (nSPS) is 15.2. The highest BCUT2D eigenvalue weighted by Gasteiger charge is 2.50. The molecule has 0 fully saturated rings. The maximum Gasteiger partial charge on any atom is 0.333 e. The zero-order chi connectivity index (χ0) is 32.7. The number of fused-ring (bicyclic) bond motifs is 11. The molecule has 0 spiro atoms. The number of rotatable bonds is 2. The van der Waals surface area contributed by atoms with Crippen molar-refractivity contribution in [3.05, 3.63) is 163 Å². The van der Waals surface area contributed by atoms with Crippen LogP contribution in [0.15, 0.2) is 182 Å². The van der Waals surface area contributed by atoms with Crippen LogP contribution in [0.25, 0.3) is 44.1 Å². The van der Waals surface area contributed by atoms with Crippen molar-refractivity contribution >= 4 is 77.8 Å². The first-order valence-corrected chi connectivity index (χ1v) is 18.9. The number of aryl methyl sites for hydroxylation is 1. The smallest absolute Gasteiger partial charge is 0.333 e. The Morgan fingerprint density at radius 1 is 0.560 bits per heavy atom. The molecule has 5 heterocycles. The van der Waals surface area contributed by atoms with Crippen molar-refractivity contribution < 1.29 is 4.42 Å². The van der Waals surface area contributed by atoms with Gasteiger partial charge in [-0.25, -0.2) is 0 Å². The molecule has 0 unspecified atom stereocenters. The van der Waals surface area contributed by atoms with E-state index in [9.17, 15) is 0 Å². The fraction of sp³-hybridized carbons (Fsp3) is 0.0222. The Hall–Kier alpha value is -5.91. The van der Waals surface area contributed by atoms with Crippen molar-refractivity contribution in [3.8, 4) is 11.1 Å². The molecule has 0 bridgehead atoms. The molecule has 3 aliphatic rings. The van der Waals surface area contributed by atoms with Crippen LogP contribution < -0.4 is 15.8 Å². The Morgan fingerprint density at radius 3 is 2.06 bits per heavy atom. The largest absolute Gasteiger partial charge is 0.454 e. The first-order valence-electron chi connectivity index (χ1n) is 17.3. The van der Waals surface area contributed by atoms with Gasteiger partial charge >= 0.3 is 6.85 Å². The van der Waals surface area contributed by atoms with E-state index in [4.69, 9.17) is 4.42 Å². The van der Waals surface area contributed by atoms with Crippen LogP contribution in [-0.4, -0.2) is 11.3 Å². The zero-order valence-electron chi connectivity index (χ0n) is 27.3. The molecule has 7 aromatic carbocycles. The van der Waals surface area contributed by atoms with Crippen LogP contribution in [0.2, 0.25) is 0 Å². The monoisotopic (exact) mass is 656 g/mol. The topological polar surface area (TPSA) is 21.3 Å². The molecule has 0 atom stereocenters. The van der Waals surface area contributed by atoms with E-state index in [0.29, 0.717) is 0 Å². The minimum absolute atomic E-state index is 0.0309. The molecule has 3 nitrogen and oxygen atoms in total. The lowest BCUT2D eigenvalue weighted by Gasteiger charge is -2.53. The maximum atomic E-state index is 6.73. The lowest BCUT2D eigenvalue weighted by molar-refractivity contribution is 0.673. The number of nitrogens with zero attached hydrogens (tertiary/aromatic N) is 2. The number of hydrogen-bond acceptors (Lipinski definition) is 2. The van der Waals surface area contributed by atoms with Gasteiger partial charge in [-0.15, -0.1) is 10.0 Å². The second kappa shape index (κ2) is 9.41. The van der Waals surface area contributed by atoms with Crippen LogP contribution in [0, 0.1) is 6.92 Å². The van der Waals surface area contributed by atoms with Crippen LogP contribution in [0.5, 0.6) is 0 Å². The number of hydrogen-bond donors (Lipinski definition) is 0. The van der Waals surface area contributed by atoms with E-state index in [2.05, 4.69) is 174 Å². The highest BCUT2D eigenvalue weighted by molar-refractivity contribution is 8.34. The van der Waals surface area contributed by atoms with Gasteiger partial charge in [0.15, 0.2) is 5.58 Å². The summed E-state index contributed by atoms with van der Waals surface area (Å²) < 4.78 is 9.36. The van der Waals surface area contributed by atoms with Gasteiger partial charge < -0.3 is 13.8 Å². The summed E-state index contributed by atoms with van der Waals surface area (Å²) in [5.41, 5.74) is 14.7. The summed E-state index contributed by atoms with van der Waals surface area (Å²) in [6, 6.07) is 58.9. The van der Waals surface area contributed by atoms with Crippen molar-refractivity contribution in [2.75, 3.05) is 4.90 Å². The molecule has 5 heteroatoms. The van der Waals surface area contributed by atoms with Gasteiger partial charge in [-0.1, -0.05) is 91.0 Å². The van der Waals surface area contributed by atoms with Gasteiger partial charge in [-0.3, -0.25) is 0 Å². The molecule has 9 aromatic rings. The van der Waals surface area contributed by atoms with Gasteiger partial charge in [-0.05, 0) is 95.7 Å². The van der Waals surface area contributed by atoms with E-state index in [1.165, 1.54) is 80.7 Å². The Kier molecular flexibility index (Phi) is 5.08. The van der Waals surface area contributed by atoms with Crippen molar-refractivity contribution in [1.29, 1.82) is 0 Å². The van der Waals surface area contributed by atoms with E-state index in [0.717, 1.165) is 16.6 Å². The number of para-hydroxylation sites is 4. The number of benzene rings is 7. The molecule has 50 heavy (non-hydrogen) atoms. The Morgan fingerprint density at radius 2 is 1.24 bits per heavy atom. The minimum atomic E-state index is -1.88. The van der Waals surface area contributed by atoms with Crippen LogP contribution >= 0.6 is 10.0 Å². The molecular weight excluding hydrogens is 627 g/mol. The highest BCUT2D eigenvalue weighted by atomic mass is 32.3. The van der Waals surface area contributed by atoms with Crippen molar-refractivity contribution in [2.24, 2.45) is 0 Å². The summed E-state index contributed by atoms with van der Waals surface area (Å²) in [6.45, 7) is 2.22. The highest BCUT2D eigenvalue weighted by Crippen LogP contribution is 2.79. The average molecular weight is 657 g/mol. The second-order valence-corrected chi connectivity index (χ2v) is 16.8. The van der Waals surface area contributed by atoms with Crippen molar-refractivity contribution in [3.63, 3.8) is 0 Å². The predicted octanol–water partition coefficient (Wildman–Crippen LogP) is 10.9. The number of aromatic nitrogens is 1. The third-order valence-electron chi connectivity index (χ3n) is 11.2. The van der Waals surface area contributed by atoms with Crippen LogP contribution in [0.1, 0.15) is 5.56 Å². The minimum Gasteiger partial charge on any atom is -0.454 e. The van der Waals surface area contributed by atoms with Crippen LogP contribution in [0.3, 0.4) is 0 Å². The lowest BCUT2D eigenvalue weighted by atomic mass is 9.45. The van der Waals surface area contributed by atoms with Gasteiger partial charge in [0.05, 0.1) is 16.9 Å². The van der Waals surface area contributed by atoms with E-state index in [-0.39, 0.29) is 6.85 Å². The zero-order valence-corrected chi connectivity index (χ0v) is 28.1. The van der Waals surface area contributed by atoms with Crippen LogP contribution in [-0.2, 0) is 0 Å². The Balaban J connectivity index is 1.30. The van der Waals surface area contributed by atoms with Crippen molar-refractivity contribution in [1.82, 2.24) is 4.48 Å². The molecule has 0 radical (unpaired) electrons. The van der Waals surface area contributed by atoms with E-state index < -0.39 is 10.0 Å². The summed E-state index contributed by atoms with van der Waals surface area (Å²) in [5, 5.41) is 2.33. The lowest BCUT2D eigenvalue weighted by Crippen LogP contribution is -2.57. The van der Waals surface area contributed by atoms with Crippen molar-refractivity contribution in [2.45, 2.75) is 26.5 Å². The quantitative estimate of drug-likeness (QED) is 0.173. The molecule has 3 aliphatic heterocycles. The fourth-order valence-electron chi connectivity index (χ4n) is 9.45. The molecule has 0 aliphatic carbocycles. The first kappa shape index (κ1) is 27.0. The van der Waals surface area contributed by atoms with Crippen LogP contribution in [0.4, 0.5) is 17.1 Å². The van der Waals surface area contributed by atoms with E-state index in [1.54, 1.807) is 0 Å². The Bertz CT molecular complexity index is 2870.